The van der Waals surface area contributed by atoms with Crippen LogP contribution in [0.4, 0.5) is 0 Å². The van der Waals surface area contributed by atoms with Crippen molar-refractivity contribution in [2.75, 3.05) is 13.4 Å². The molecule has 2 heterocycles. The maximum Gasteiger partial charge on any atom is 0.231 e. The highest BCUT2D eigenvalue weighted by molar-refractivity contribution is 5.54. The molecule has 2 aromatic carbocycles. The maximum absolute atomic E-state index is 10.2. The van der Waals surface area contributed by atoms with Gasteiger partial charge in [-0.3, -0.25) is 0 Å². The molecule has 0 saturated heterocycles. The molecule has 4 rings (SSSR count). The summed E-state index contributed by atoms with van der Waals surface area (Å²) in [6.07, 6.45) is -0.777. The zero-order valence-electron chi connectivity index (χ0n) is 14.2. The van der Waals surface area contributed by atoms with E-state index in [1.807, 2.05) is 31.2 Å². The third kappa shape index (κ3) is 3.60. The molecular formula is C18H18N4O4. The van der Waals surface area contributed by atoms with Crippen molar-refractivity contribution in [1.29, 1.82) is 0 Å². The van der Waals surface area contributed by atoms with Crippen molar-refractivity contribution in [2.45, 2.75) is 19.6 Å². The second-order valence-electron chi connectivity index (χ2n) is 6.01. The summed E-state index contributed by atoms with van der Waals surface area (Å²) in [6, 6.07) is 13.1. The fourth-order valence-corrected chi connectivity index (χ4v) is 2.54. The highest BCUT2D eigenvalue weighted by atomic mass is 16.7. The van der Waals surface area contributed by atoms with Gasteiger partial charge < -0.3 is 19.3 Å². The molecule has 0 bridgehead atoms. The molecule has 134 valence electrons. The number of rotatable bonds is 6. The van der Waals surface area contributed by atoms with E-state index in [4.69, 9.17) is 14.2 Å². The van der Waals surface area contributed by atoms with Gasteiger partial charge in [-0.25, -0.2) is 0 Å². The molecular weight excluding hydrogens is 336 g/mol. The lowest BCUT2D eigenvalue weighted by molar-refractivity contribution is 0.0848. The van der Waals surface area contributed by atoms with Gasteiger partial charge in [0.05, 0.1) is 6.54 Å². The number of fused-ring (bicyclic) bond motifs is 1. The van der Waals surface area contributed by atoms with Crippen LogP contribution in [0.15, 0.2) is 42.5 Å². The molecule has 3 aromatic rings. The summed E-state index contributed by atoms with van der Waals surface area (Å²) in [4.78, 5) is 1.36. The number of tetrazole rings is 1. The Morgan fingerprint density at radius 2 is 1.96 bits per heavy atom. The lowest BCUT2D eigenvalue weighted by Crippen LogP contribution is -2.24. The molecule has 0 aliphatic carbocycles. The van der Waals surface area contributed by atoms with Crippen molar-refractivity contribution in [3.8, 4) is 28.6 Å². The summed E-state index contributed by atoms with van der Waals surface area (Å²) in [5.74, 6) is 2.44. The van der Waals surface area contributed by atoms with Gasteiger partial charge in [0.1, 0.15) is 18.5 Å². The first kappa shape index (κ1) is 16.3. The van der Waals surface area contributed by atoms with Gasteiger partial charge >= 0.3 is 0 Å². The highest BCUT2D eigenvalue weighted by Crippen LogP contribution is 2.35. The first-order valence-electron chi connectivity index (χ1n) is 8.23. The van der Waals surface area contributed by atoms with E-state index in [0.717, 1.165) is 11.1 Å². The fourth-order valence-electron chi connectivity index (χ4n) is 2.54. The first-order chi connectivity index (χ1) is 12.7. The molecule has 0 spiro atoms. The smallest absolute Gasteiger partial charge is 0.231 e. The summed E-state index contributed by atoms with van der Waals surface area (Å²) in [5.41, 5.74) is 2.05. The number of hydrogen-bond acceptors (Lipinski definition) is 7. The Balaban J connectivity index is 1.33. The predicted molar refractivity (Wildman–Crippen MR) is 92.1 cm³/mol. The van der Waals surface area contributed by atoms with E-state index in [9.17, 15) is 5.11 Å². The summed E-state index contributed by atoms with van der Waals surface area (Å²) >= 11 is 0. The molecule has 1 aromatic heterocycles. The Kier molecular flexibility index (Phi) is 4.40. The number of nitrogens with zero attached hydrogens (tertiary/aromatic N) is 4. The van der Waals surface area contributed by atoms with Crippen molar-refractivity contribution in [2.24, 2.45) is 0 Å². The number of hydrogen-bond donors (Lipinski definition) is 1. The summed E-state index contributed by atoms with van der Waals surface area (Å²) < 4.78 is 16.1. The number of aryl methyl sites for hydroxylation is 1. The molecule has 1 atom stereocenters. The lowest BCUT2D eigenvalue weighted by atomic mass is 10.1. The zero-order valence-corrected chi connectivity index (χ0v) is 14.2. The fraction of sp³-hybridized carbons (Fsp3) is 0.278. The SMILES string of the molecule is Cc1ccc(-c2nnn(CC(O)COc3ccc4c(c3)OCO4)n2)cc1. The van der Waals surface area contributed by atoms with Gasteiger partial charge in [0, 0.05) is 11.6 Å². The van der Waals surface area contributed by atoms with Gasteiger partial charge in [-0.2, -0.15) is 4.80 Å². The Morgan fingerprint density at radius 1 is 1.15 bits per heavy atom. The van der Waals surface area contributed by atoms with Crippen LogP contribution >= 0.6 is 0 Å². The summed E-state index contributed by atoms with van der Waals surface area (Å²) in [7, 11) is 0. The van der Waals surface area contributed by atoms with Crippen molar-refractivity contribution < 1.29 is 19.3 Å². The summed E-state index contributed by atoms with van der Waals surface area (Å²) in [6.45, 7) is 2.51. The van der Waals surface area contributed by atoms with Crippen molar-refractivity contribution >= 4 is 0 Å². The number of aliphatic hydroxyl groups is 1. The van der Waals surface area contributed by atoms with Crippen LogP contribution in [0.3, 0.4) is 0 Å². The third-order valence-electron chi connectivity index (χ3n) is 3.92. The van der Waals surface area contributed by atoms with Crippen molar-refractivity contribution in [3.63, 3.8) is 0 Å². The van der Waals surface area contributed by atoms with E-state index in [0.29, 0.717) is 23.1 Å². The van der Waals surface area contributed by atoms with Gasteiger partial charge in [0.25, 0.3) is 0 Å². The molecule has 0 radical (unpaired) electrons. The second kappa shape index (κ2) is 7.01. The molecule has 1 aliphatic heterocycles. The number of aliphatic hydroxyl groups excluding tert-OH is 1. The van der Waals surface area contributed by atoms with Crippen LogP contribution < -0.4 is 14.2 Å². The Labute approximate surface area is 149 Å². The van der Waals surface area contributed by atoms with Crippen LogP contribution in [-0.2, 0) is 6.54 Å². The van der Waals surface area contributed by atoms with E-state index in [1.54, 1.807) is 18.2 Å². The van der Waals surface area contributed by atoms with Crippen LogP contribution in [0.1, 0.15) is 5.56 Å². The largest absolute Gasteiger partial charge is 0.491 e. The van der Waals surface area contributed by atoms with Crippen LogP contribution in [0.2, 0.25) is 0 Å². The van der Waals surface area contributed by atoms with E-state index in [-0.39, 0.29) is 19.9 Å². The molecule has 0 amide bonds. The van der Waals surface area contributed by atoms with E-state index in [2.05, 4.69) is 15.4 Å². The monoisotopic (exact) mass is 354 g/mol. The molecule has 1 N–H and O–H groups in total. The van der Waals surface area contributed by atoms with Gasteiger partial charge in [-0.1, -0.05) is 29.8 Å². The number of benzene rings is 2. The number of aromatic nitrogens is 4. The average molecular weight is 354 g/mol. The Morgan fingerprint density at radius 3 is 2.81 bits per heavy atom. The van der Waals surface area contributed by atoms with Crippen LogP contribution in [-0.4, -0.2) is 44.8 Å². The number of ether oxygens (including phenoxy) is 3. The van der Waals surface area contributed by atoms with Crippen molar-refractivity contribution in [3.05, 3.63) is 48.0 Å². The molecule has 0 saturated carbocycles. The molecule has 1 aliphatic rings. The van der Waals surface area contributed by atoms with E-state index in [1.165, 1.54) is 4.80 Å². The van der Waals surface area contributed by atoms with Gasteiger partial charge in [-0.05, 0) is 24.3 Å². The quantitative estimate of drug-likeness (QED) is 0.722. The summed E-state index contributed by atoms with van der Waals surface area (Å²) in [5, 5.41) is 22.5. The van der Waals surface area contributed by atoms with Gasteiger partial charge in [0.2, 0.25) is 12.6 Å². The second-order valence-corrected chi connectivity index (χ2v) is 6.01. The maximum atomic E-state index is 10.2. The molecule has 26 heavy (non-hydrogen) atoms. The topological polar surface area (TPSA) is 91.5 Å². The van der Waals surface area contributed by atoms with Crippen LogP contribution in [0, 0.1) is 6.92 Å². The van der Waals surface area contributed by atoms with Crippen molar-refractivity contribution in [1.82, 2.24) is 20.2 Å². The van der Waals surface area contributed by atoms with Crippen LogP contribution in [0.5, 0.6) is 17.2 Å². The minimum absolute atomic E-state index is 0.0983. The molecule has 8 nitrogen and oxygen atoms in total. The minimum atomic E-state index is -0.777. The molecule has 0 fully saturated rings. The Bertz CT molecular complexity index is 894. The van der Waals surface area contributed by atoms with Gasteiger partial charge in [-0.15, -0.1) is 10.2 Å². The average Bonchev–Trinajstić information content (AvgIpc) is 3.29. The van der Waals surface area contributed by atoms with E-state index >= 15 is 0 Å². The third-order valence-corrected chi connectivity index (χ3v) is 3.92. The first-order valence-corrected chi connectivity index (χ1v) is 8.23. The highest BCUT2D eigenvalue weighted by Gasteiger charge is 2.15. The standard InChI is InChI=1S/C18H18N4O4/c1-12-2-4-13(5-3-12)18-19-21-22(20-18)9-14(23)10-24-15-6-7-16-17(8-15)26-11-25-16/h2-8,14,23H,9-11H2,1H3. The zero-order chi connectivity index (χ0) is 17.9. The molecule has 8 heteroatoms. The van der Waals surface area contributed by atoms with Gasteiger partial charge in [0.15, 0.2) is 11.5 Å². The molecule has 1 unspecified atom stereocenters. The van der Waals surface area contributed by atoms with Crippen LogP contribution in [0.25, 0.3) is 11.4 Å². The van der Waals surface area contributed by atoms with E-state index < -0.39 is 6.10 Å². The minimum Gasteiger partial charge on any atom is -0.491 e. The normalized spacial score (nSPS) is 13.6. The predicted octanol–water partition coefficient (Wildman–Crippen LogP) is 1.82. The Hall–Kier alpha value is -3.13. The lowest BCUT2D eigenvalue weighted by Gasteiger charge is -2.11.